The molecule has 0 rings (SSSR count). The predicted molar refractivity (Wildman–Crippen MR) is 43.3 cm³/mol. The maximum absolute atomic E-state index is 10.8. The monoisotopic (exact) mass is 229 g/mol. The van der Waals surface area contributed by atoms with Gasteiger partial charge in [-0.25, -0.2) is 0 Å². The zero-order chi connectivity index (χ0) is 12.9. The first-order valence-electron chi connectivity index (χ1n) is 4.09. The van der Waals surface area contributed by atoms with Crippen molar-refractivity contribution in [1.82, 2.24) is 0 Å². The van der Waals surface area contributed by atoms with Crippen molar-refractivity contribution in [2.75, 3.05) is 0 Å². The Hall–Kier alpha value is -1.11. The Labute approximate surface area is 85.3 Å². The number of alkyl halides is 3. The van der Waals surface area contributed by atoms with Gasteiger partial charge in [0.25, 0.3) is 0 Å². The highest BCUT2D eigenvalue weighted by Crippen LogP contribution is 2.11. The van der Waals surface area contributed by atoms with Gasteiger partial charge in [0.05, 0.1) is 0 Å². The van der Waals surface area contributed by atoms with Crippen LogP contribution in [0.25, 0.3) is 0 Å². The molecule has 0 aromatic heterocycles. The number of carboxylic acids is 1. The molecule has 0 aliphatic heterocycles. The van der Waals surface area contributed by atoms with E-state index < -0.39 is 12.1 Å². The molecule has 0 saturated carbocycles. The van der Waals surface area contributed by atoms with Crippen molar-refractivity contribution in [3.63, 3.8) is 0 Å². The van der Waals surface area contributed by atoms with Gasteiger partial charge >= 0.3 is 6.18 Å². The molecule has 90 valence electrons. The Kier molecular flexibility index (Phi) is 6.20. The molecule has 0 heterocycles. The van der Waals surface area contributed by atoms with Crippen molar-refractivity contribution in [3.05, 3.63) is 0 Å². The number of quaternary nitrogens is 1. The van der Waals surface area contributed by atoms with Crippen molar-refractivity contribution < 1.29 is 33.6 Å². The summed E-state index contributed by atoms with van der Waals surface area (Å²) in [5, 5.41) is 8.78. The maximum Gasteiger partial charge on any atom is 0.430 e. The number of carboxylic acid groups (broad SMARTS) is 1. The number of carbonyl (C=O) groups excluding carboxylic acids is 2. The van der Waals surface area contributed by atoms with Gasteiger partial charge in [0.15, 0.2) is 5.78 Å². The van der Waals surface area contributed by atoms with Crippen molar-refractivity contribution >= 4 is 11.8 Å². The highest BCUT2D eigenvalue weighted by Gasteiger charge is 2.28. The fourth-order valence-electron chi connectivity index (χ4n) is 0.479. The number of carbonyl (C=O) groups is 2. The van der Waals surface area contributed by atoms with E-state index in [1.807, 2.05) is 20.8 Å². The van der Waals surface area contributed by atoms with E-state index in [9.17, 15) is 18.0 Å². The molecule has 0 aromatic rings. The number of hydrogen-bond donors (Lipinski definition) is 1. The van der Waals surface area contributed by atoms with E-state index in [2.05, 4.69) is 5.73 Å². The van der Waals surface area contributed by atoms with E-state index in [1.54, 1.807) is 0 Å². The van der Waals surface area contributed by atoms with Crippen molar-refractivity contribution in [1.29, 1.82) is 0 Å². The van der Waals surface area contributed by atoms with Gasteiger partial charge in [0.2, 0.25) is 0 Å². The second kappa shape index (κ2) is 5.69. The minimum atomic E-state index is -5.19. The molecule has 0 aliphatic carbocycles. The second-order valence-electron chi connectivity index (χ2n) is 3.45. The quantitative estimate of drug-likeness (QED) is 0.678. The molecule has 0 spiro atoms. The molecule has 0 amide bonds. The highest BCUT2D eigenvalue weighted by molar-refractivity contribution is 5.85. The van der Waals surface area contributed by atoms with Crippen LogP contribution in [0.5, 0.6) is 0 Å². The minimum absolute atomic E-state index is 0.220. The molecule has 0 radical (unpaired) electrons. The van der Waals surface area contributed by atoms with Crippen LogP contribution in [0.1, 0.15) is 27.2 Å². The topological polar surface area (TPSA) is 84.8 Å². The zero-order valence-corrected chi connectivity index (χ0v) is 8.77. The van der Waals surface area contributed by atoms with Gasteiger partial charge in [-0.2, -0.15) is 13.2 Å². The molecule has 7 heteroatoms. The van der Waals surface area contributed by atoms with Gasteiger partial charge < -0.3 is 15.6 Å². The molecule has 0 saturated heterocycles. The van der Waals surface area contributed by atoms with Gasteiger partial charge in [-0.3, -0.25) is 4.79 Å². The predicted octanol–water partition coefficient (Wildman–Crippen LogP) is -0.715. The number of ketones is 1. The molecule has 0 bridgehead atoms. The standard InChI is InChI=1S/C6H13NO.C2HF3O2/c1-4-5(8)6(2,3)7;3-2(4,5)1(6)7/h4,7H2,1-3H3;(H,6,7). The van der Waals surface area contributed by atoms with Crippen molar-refractivity contribution in [3.8, 4) is 0 Å². The highest BCUT2D eigenvalue weighted by atomic mass is 19.4. The Morgan fingerprint density at radius 3 is 1.53 bits per heavy atom. The Morgan fingerprint density at radius 2 is 1.53 bits per heavy atom. The molecule has 0 aromatic carbocycles. The van der Waals surface area contributed by atoms with E-state index >= 15 is 0 Å². The van der Waals surface area contributed by atoms with E-state index in [1.165, 1.54) is 0 Å². The Morgan fingerprint density at radius 1 is 1.27 bits per heavy atom. The van der Waals surface area contributed by atoms with Crippen LogP contribution in [-0.2, 0) is 9.59 Å². The van der Waals surface area contributed by atoms with E-state index in [4.69, 9.17) is 9.90 Å². The maximum atomic E-state index is 10.8. The van der Waals surface area contributed by atoms with Crippen molar-refractivity contribution in [2.45, 2.75) is 38.9 Å². The summed E-state index contributed by atoms with van der Waals surface area (Å²) < 4.78 is 31.5. The number of hydrogen-bond acceptors (Lipinski definition) is 3. The molecular formula is C8H14F3NO3. The van der Waals surface area contributed by atoms with Gasteiger partial charge in [0.1, 0.15) is 11.5 Å². The number of Topliss-reactive ketones (excluding diaryl/α,β-unsaturated/α-hetero) is 1. The van der Waals surface area contributed by atoms with Gasteiger partial charge in [0, 0.05) is 6.42 Å². The summed E-state index contributed by atoms with van der Waals surface area (Å²) in [5.74, 6) is -2.79. The fraction of sp³-hybridized carbons (Fsp3) is 0.750. The summed E-state index contributed by atoms with van der Waals surface area (Å²) in [6, 6.07) is 0. The number of halogens is 3. The summed E-state index contributed by atoms with van der Waals surface area (Å²) in [7, 11) is 0. The lowest BCUT2D eigenvalue weighted by Crippen LogP contribution is -2.73. The van der Waals surface area contributed by atoms with Crippen molar-refractivity contribution in [2.24, 2.45) is 0 Å². The average molecular weight is 229 g/mol. The van der Waals surface area contributed by atoms with Crippen LogP contribution in [0.3, 0.4) is 0 Å². The lowest BCUT2D eigenvalue weighted by molar-refractivity contribution is -0.445. The molecule has 15 heavy (non-hydrogen) atoms. The lowest BCUT2D eigenvalue weighted by atomic mass is 9.99. The molecular weight excluding hydrogens is 215 g/mol. The average Bonchev–Trinajstić information content (AvgIpc) is 2.00. The minimum Gasteiger partial charge on any atom is -0.542 e. The Bertz CT molecular complexity index is 230. The molecule has 0 fully saturated rings. The molecule has 4 nitrogen and oxygen atoms in total. The van der Waals surface area contributed by atoms with Crippen LogP contribution in [0, 0.1) is 0 Å². The first-order chi connectivity index (χ1) is 6.42. The van der Waals surface area contributed by atoms with Crippen LogP contribution in [0.2, 0.25) is 0 Å². The van der Waals surface area contributed by atoms with Crippen LogP contribution in [0.4, 0.5) is 13.2 Å². The summed E-state index contributed by atoms with van der Waals surface area (Å²) in [5.41, 5.74) is 3.31. The van der Waals surface area contributed by atoms with E-state index in [0.717, 1.165) is 0 Å². The third-order valence-corrected chi connectivity index (χ3v) is 1.31. The molecule has 0 atom stereocenters. The molecule has 0 unspecified atom stereocenters. The van der Waals surface area contributed by atoms with Crippen LogP contribution in [0.15, 0.2) is 0 Å². The zero-order valence-electron chi connectivity index (χ0n) is 8.77. The summed E-state index contributed by atoms with van der Waals surface area (Å²) in [4.78, 5) is 19.6. The summed E-state index contributed by atoms with van der Waals surface area (Å²) in [6.07, 6.45) is -4.60. The summed E-state index contributed by atoms with van der Waals surface area (Å²) >= 11 is 0. The lowest BCUT2D eigenvalue weighted by Gasteiger charge is -2.10. The van der Waals surface area contributed by atoms with E-state index in [0.29, 0.717) is 6.42 Å². The van der Waals surface area contributed by atoms with Gasteiger partial charge in [-0.15, -0.1) is 0 Å². The SMILES string of the molecule is CCC(=O)C(C)(C)[NH3+].O=C([O-])C(F)(F)F. The first kappa shape index (κ1) is 16.3. The van der Waals surface area contributed by atoms with Crippen LogP contribution < -0.4 is 10.8 Å². The van der Waals surface area contributed by atoms with Crippen LogP contribution in [-0.4, -0.2) is 23.5 Å². The van der Waals surface area contributed by atoms with Gasteiger partial charge in [-0.1, -0.05) is 6.92 Å². The third-order valence-electron chi connectivity index (χ3n) is 1.31. The normalized spacial score (nSPS) is 11.4. The Balaban J connectivity index is 0. The van der Waals surface area contributed by atoms with Crippen LogP contribution >= 0.6 is 0 Å². The molecule has 0 aliphatic rings. The summed E-state index contributed by atoms with van der Waals surface area (Å²) in [6.45, 7) is 5.52. The first-order valence-corrected chi connectivity index (χ1v) is 4.09. The second-order valence-corrected chi connectivity index (χ2v) is 3.45. The number of rotatable bonds is 2. The molecule has 3 N–H and O–H groups in total. The fourth-order valence-corrected chi connectivity index (χ4v) is 0.479. The number of aliphatic carboxylic acids is 1. The largest absolute Gasteiger partial charge is 0.542 e. The smallest absolute Gasteiger partial charge is 0.430 e. The third kappa shape index (κ3) is 9.20. The van der Waals surface area contributed by atoms with E-state index in [-0.39, 0.29) is 11.3 Å². The van der Waals surface area contributed by atoms with Gasteiger partial charge in [-0.05, 0) is 13.8 Å².